The highest BCUT2D eigenvalue weighted by Crippen LogP contribution is 2.30. The molecule has 0 bridgehead atoms. The smallest absolute Gasteiger partial charge is 0.273 e. The summed E-state index contributed by atoms with van der Waals surface area (Å²) in [4.78, 5) is 33.4. The van der Waals surface area contributed by atoms with Crippen LogP contribution in [0.5, 0.6) is 0 Å². The minimum absolute atomic E-state index is 0.149. The van der Waals surface area contributed by atoms with E-state index in [1.54, 1.807) is 11.0 Å². The van der Waals surface area contributed by atoms with E-state index in [0.717, 1.165) is 17.5 Å². The Labute approximate surface area is 152 Å². The maximum atomic E-state index is 13.0. The molecule has 0 aliphatic carbocycles. The van der Waals surface area contributed by atoms with E-state index in [2.05, 4.69) is 0 Å². The highest BCUT2D eigenvalue weighted by atomic mass is 16.7. The summed E-state index contributed by atoms with van der Waals surface area (Å²) in [6.07, 6.45) is 3.25. The van der Waals surface area contributed by atoms with Crippen LogP contribution in [0.2, 0.25) is 0 Å². The van der Waals surface area contributed by atoms with E-state index in [-0.39, 0.29) is 24.1 Å². The van der Waals surface area contributed by atoms with Gasteiger partial charge in [-0.15, -0.1) is 0 Å². The predicted octanol–water partition coefficient (Wildman–Crippen LogP) is 2.99. The topological polar surface area (TPSA) is 49.9 Å². The SMILES string of the molecule is O=C1[C@@H]2CCCN2C(=O)/C(=C\c2ccccc2)N1OCc1ccccc1. The van der Waals surface area contributed by atoms with E-state index in [1.165, 1.54) is 5.06 Å². The van der Waals surface area contributed by atoms with Crippen LogP contribution in [0, 0.1) is 0 Å². The Morgan fingerprint density at radius 2 is 1.69 bits per heavy atom. The van der Waals surface area contributed by atoms with Crippen LogP contribution in [0.15, 0.2) is 66.4 Å². The van der Waals surface area contributed by atoms with Gasteiger partial charge in [0.1, 0.15) is 18.3 Å². The molecule has 5 heteroatoms. The van der Waals surface area contributed by atoms with E-state index in [4.69, 9.17) is 4.84 Å². The first-order valence-corrected chi connectivity index (χ1v) is 8.82. The van der Waals surface area contributed by atoms with Crippen LogP contribution >= 0.6 is 0 Å². The highest BCUT2D eigenvalue weighted by Gasteiger charge is 2.46. The van der Waals surface area contributed by atoms with Crippen molar-refractivity contribution in [2.24, 2.45) is 0 Å². The molecule has 0 saturated carbocycles. The quantitative estimate of drug-likeness (QED) is 0.798. The lowest BCUT2D eigenvalue weighted by molar-refractivity contribution is -0.194. The number of rotatable bonds is 4. The number of hydrogen-bond donors (Lipinski definition) is 0. The molecule has 0 aromatic heterocycles. The van der Waals surface area contributed by atoms with Gasteiger partial charge >= 0.3 is 0 Å². The average Bonchev–Trinajstić information content (AvgIpc) is 3.18. The molecule has 5 nitrogen and oxygen atoms in total. The van der Waals surface area contributed by atoms with Crippen LogP contribution in [-0.2, 0) is 21.0 Å². The zero-order valence-electron chi connectivity index (χ0n) is 14.4. The molecule has 2 aromatic carbocycles. The third-order valence-corrected chi connectivity index (χ3v) is 4.74. The Hall–Kier alpha value is -2.92. The lowest BCUT2D eigenvalue weighted by atomic mass is 10.1. The van der Waals surface area contributed by atoms with Crippen LogP contribution in [0.1, 0.15) is 24.0 Å². The van der Waals surface area contributed by atoms with Gasteiger partial charge in [-0.25, -0.2) is 0 Å². The van der Waals surface area contributed by atoms with Crippen LogP contribution in [0.3, 0.4) is 0 Å². The fourth-order valence-corrected chi connectivity index (χ4v) is 3.43. The van der Waals surface area contributed by atoms with Gasteiger partial charge in [-0.2, -0.15) is 5.06 Å². The average molecular weight is 348 g/mol. The number of benzene rings is 2. The first-order chi connectivity index (χ1) is 12.7. The number of carbonyl (C=O) groups excluding carboxylic acids is 2. The molecular weight excluding hydrogens is 328 g/mol. The van der Waals surface area contributed by atoms with Crippen molar-refractivity contribution in [2.45, 2.75) is 25.5 Å². The summed E-state index contributed by atoms with van der Waals surface area (Å²) in [6, 6.07) is 18.7. The van der Waals surface area contributed by atoms with E-state index in [1.807, 2.05) is 60.7 Å². The number of nitrogens with zero attached hydrogens (tertiary/aromatic N) is 2. The van der Waals surface area contributed by atoms with Crippen LogP contribution in [-0.4, -0.2) is 34.4 Å². The van der Waals surface area contributed by atoms with Crippen molar-refractivity contribution < 1.29 is 14.4 Å². The molecule has 2 fully saturated rings. The highest BCUT2D eigenvalue weighted by molar-refractivity contribution is 6.07. The summed E-state index contributed by atoms with van der Waals surface area (Å²) in [7, 11) is 0. The minimum Gasteiger partial charge on any atom is -0.325 e. The normalized spacial score (nSPS) is 21.4. The van der Waals surface area contributed by atoms with Crippen LogP contribution in [0.25, 0.3) is 6.08 Å². The van der Waals surface area contributed by atoms with Crippen LogP contribution < -0.4 is 0 Å². The third kappa shape index (κ3) is 3.13. The van der Waals surface area contributed by atoms with E-state index in [9.17, 15) is 9.59 Å². The van der Waals surface area contributed by atoms with Gasteiger partial charge in [0.25, 0.3) is 11.8 Å². The largest absolute Gasteiger partial charge is 0.325 e. The standard InChI is InChI=1S/C21H20N2O3/c24-20-19(14-16-8-3-1-4-9-16)23(21(25)18-12-7-13-22(18)20)26-15-17-10-5-2-6-11-17/h1-6,8-11,14,18H,7,12-13,15H2/b19-14+/t18-/m0/s1. The van der Waals surface area contributed by atoms with Crippen molar-refractivity contribution in [2.75, 3.05) is 6.54 Å². The van der Waals surface area contributed by atoms with Gasteiger partial charge in [0, 0.05) is 6.54 Å². The Kier molecular flexibility index (Phi) is 4.54. The minimum atomic E-state index is -0.411. The summed E-state index contributed by atoms with van der Waals surface area (Å²) in [5, 5.41) is 1.20. The maximum absolute atomic E-state index is 13.0. The van der Waals surface area contributed by atoms with Gasteiger partial charge < -0.3 is 4.90 Å². The van der Waals surface area contributed by atoms with E-state index >= 15 is 0 Å². The number of piperazine rings is 1. The molecule has 0 radical (unpaired) electrons. The Balaban J connectivity index is 1.65. The molecule has 0 unspecified atom stereocenters. The molecule has 2 amide bonds. The Morgan fingerprint density at radius 3 is 2.42 bits per heavy atom. The van der Waals surface area contributed by atoms with Crippen molar-refractivity contribution >= 4 is 17.9 Å². The molecule has 2 aliphatic heterocycles. The number of hydrogen-bond acceptors (Lipinski definition) is 3. The predicted molar refractivity (Wildman–Crippen MR) is 97.2 cm³/mol. The van der Waals surface area contributed by atoms with Crippen molar-refractivity contribution in [3.05, 3.63) is 77.5 Å². The van der Waals surface area contributed by atoms with Crippen LogP contribution in [0.4, 0.5) is 0 Å². The van der Waals surface area contributed by atoms with Crippen molar-refractivity contribution in [1.29, 1.82) is 0 Å². The zero-order chi connectivity index (χ0) is 17.9. The molecule has 132 valence electrons. The van der Waals surface area contributed by atoms with Crippen molar-refractivity contribution in [3.63, 3.8) is 0 Å². The first kappa shape index (κ1) is 16.5. The van der Waals surface area contributed by atoms with E-state index in [0.29, 0.717) is 13.0 Å². The summed E-state index contributed by atoms with van der Waals surface area (Å²) in [5.74, 6) is -0.316. The fraction of sp³-hybridized carbons (Fsp3) is 0.238. The first-order valence-electron chi connectivity index (χ1n) is 8.82. The van der Waals surface area contributed by atoms with Crippen molar-refractivity contribution in [1.82, 2.24) is 9.96 Å². The molecule has 0 spiro atoms. The van der Waals surface area contributed by atoms with Gasteiger partial charge in [0.15, 0.2) is 0 Å². The molecule has 1 atom stereocenters. The Morgan fingerprint density at radius 1 is 1.00 bits per heavy atom. The zero-order valence-corrected chi connectivity index (χ0v) is 14.4. The summed E-state index contributed by atoms with van der Waals surface area (Å²) >= 11 is 0. The summed E-state index contributed by atoms with van der Waals surface area (Å²) < 4.78 is 0. The van der Waals surface area contributed by atoms with Gasteiger partial charge in [-0.05, 0) is 30.0 Å². The maximum Gasteiger partial charge on any atom is 0.273 e. The number of amides is 2. The fourth-order valence-electron chi connectivity index (χ4n) is 3.43. The van der Waals surface area contributed by atoms with Gasteiger partial charge in [-0.3, -0.25) is 14.4 Å². The summed E-state index contributed by atoms with van der Waals surface area (Å²) in [6.45, 7) is 0.854. The molecule has 0 N–H and O–H groups in total. The molecule has 4 rings (SSSR count). The summed E-state index contributed by atoms with van der Waals surface area (Å²) in [5.41, 5.74) is 2.07. The third-order valence-electron chi connectivity index (χ3n) is 4.74. The van der Waals surface area contributed by atoms with Crippen molar-refractivity contribution in [3.8, 4) is 0 Å². The second-order valence-corrected chi connectivity index (χ2v) is 6.49. The second kappa shape index (κ2) is 7.14. The van der Waals surface area contributed by atoms with E-state index < -0.39 is 6.04 Å². The number of hydroxylamine groups is 2. The van der Waals surface area contributed by atoms with Gasteiger partial charge in [0.2, 0.25) is 0 Å². The van der Waals surface area contributed by atoms with Gasteiger partial charge in [-0.1, -0.05) is 60.7 Å². The number of carbonyl (C=O) groups is 2. The second-order valence-electron chi connectivity index (χ2n) is 6.49. The van der Waals surface area contributed by atoms with Gasteiger partial charge in [0.05, 0.1) is 0 Å². The molecule has 2 saturated heterocycles. The number of fused-ring (bicyclic) bond motifs is 1. The molecule has 2 aliphatic rings. The molecule has 2 heterocycles. The lowest BCUT2D eigenvalue weighted by Crippen LogP contribution is -2.55. The lowest BCUT2D eigenvalue weighted by Gasteiger charge is -2.37. The molecule has 2 aromatic rings. The monoisotopic (exact) mass is 348 g/mol. The Bertz CT molecular complexity index is 833. The molecular formula is C21H20N2O3. The molecule has 26 heavy (non-hydrogen) atoms.